The van der Waals surface area contributed by atoms with E-state index in [1.54, 1.807) is 6.20 Å². The molecule has 2 aromatic rings. The third-order valence-electron chi connectivity index (χ3n) is 2.97. The van der Waals surface area contributed by atoms with Crippen LogP contribution in [0.1, 0.15) is 5.56 Å². The minimum atomic E-state index is -0.368. The molecule has 0 bridgehead atoms. The Hall–Kier alpha value is -1.36. The number of hydrogen-bond donors (Lipinski definition) is 2. The van der Waals surface area contributed by atoms with Crippen LogP contribution in [0.15, 0.2) is 24.4 Å². The molecule has 0 fully saturated rings. The number of nitrogens with one attached hydrogen (secondary N) is 1. The molecule has 3 rings (SSSR count). The Balaban J connectivity index is 1.89. The van der Waals surface area contributed by atoms with Crippen LogP contribution in [0.3, 0.4) is 0 Å². The van der Waals surface area contributed by atoms with E-state index >= 15 is 0 Å². The molecule has 0 radical (unpaired) electrons. The predicted molar refractivity (Wildman–Crippen MR) is 79.1 cm³/mol. The fourth-order valence-electron chi connectivity index (χ4n) is 2.04. The van der Waals surface area contributed by atoms with Crippen molar-refractivity contribution in [2.24, 2.45) is 0 Å². The first-order valence-corrected chi connectivity index (χ1v) is 6.94. The number of aromatic nitrogens is 1. The number of nitrogens with zero attached hydrogens (tertiary/aromatic N) is 1. The number of aromatic hydroxyl groups is 1. The van der Waals surface area contributed by atoms with E-state index in [0.29, 0.717) is 23.6 Å². The Morgan fingerprint density at radius 3 is 2.70 bits per heavy atom. The number of ether oxygens (including phenoxy) is 1. The molecule has 0 saturated carbocycles. The van der Waals surface area contributed by atoms with Crippen LogP contribution in [0.2, 0.25) is 15.1 Å². The van der Waals surface area contributed by atoms with Gasteiger partial charge in [-0.25, -0.2) is 4.98 Å². The summed E-state index contributed by atoms with van der Waals surface area (Å²) in [6.07, 6.45) is 1.76. The molecule has 1 unspecified atom stereocenters. The van der Waals surface area contributed by atoms with E-state index < -0.39 is 0 Å². The highest BCUT2D eigenvalue weighted by molar-refractivity contribution is 6.46. The van der Waals surface area contributed by atoms with Crippen LogP contribution in [0.25, 0.3) is 0 Å². The molecule has 7 heteroatoms. The van der Waals surface area contributed by atoms with Crippen LogP contribution in [0.5, 0.6) is 11.5 Å². The SMILES string of the molecule is Oc1c(Cl)c(Cl)c2c(c1Cl)CC(Nc1ccccn1)O2. The van der Waals surface area contributed by atoms with E-state index in [0.717, 1.165) is 0 Å². The first-order chi connectivity index (χ1) is 9.58. The first-order valence-electron chi connectivity index (χ1n) is 5.80. The van der Waals surface area contributed by atoms with Crippen molar-refractivity contribution in [3.8, 4) is 11.5 Å². The average Bonchev–Trinajstić information content (AvgIpc) is 2.88. The van der Waals surface area contributed by atoms with Crippen molar-refractivity contribution in [2.45, 2.75) is 12.6 Å². The maximum Gasteiger partial charge on any atom is 0.175 e. The Bertz CT molecular complexity index is 628. The minimum Gasteiger partial charge on any atom is -0.505 e. The smallest absolute Gasteiger partial charge is 0.175 e. The number of hydrogen-bond acceptors (Lipinski definition) is 4. The fourth-order valence-corrected chi connectivity index (χ4v) is 2.78. The number of fused-ring (bicyclic) bond motifs is 1. The van der Waals surface area contributed by atoms with Crippen molar-refractivity contribution >= 4 is 40.6 Å². The maximum atomic E-state index is 9.79. The van der Waals surface area contributed by atoms with Crippen LogP contribution < -0.4 is 10.1 Å². The van der Waals surface area contributed by atoms with Crippen molar-refractivity contribution < 1.29 is 9.84 Å². The molecule has 1 aromatic heterocycles. The van der Waals surface area contributed by atoms with E-state index in [4.69, 9.17) is 39.5 Å². The number of rotatable bonds is 2. The van der Waals surface area contributed by atoms with E-state index in [9.17, 15) is 5.11 Å². The van der Waals surface area contributed by atoms with E-state index in [-0.39, 0.29) is 27.0 Å². The summed E-state index contributed by atoms with van der Waals surface area (Å²) in [5, 5.41) is 13.2. The maximum absolute atomic E-state index is 9.79. The van der Waals surface area contributed by atoms with E-state index in [1.807, 2.05) is 18.2 Å². The molecular formula is C13H9Cl3N2O2. The molecule has 0 amide bonds. The number of phenols is 1. The van der Waals surface area contributed by atoms with Gasteiger partial charge in [0.2, 0.25) is 0 Å². The topological polar surface area (TPSA) is 54.4 Å². The average molecular weight is 332 g/mol. The van der Waals surface area contributed by atoms with Gasteiger partial charge in [0.15, 0.2) is 12.0 Å². The highest BCUT2D eigenvalue weighted by atomic mass is 35.5. The largest absolute Gasteiger partial charge is 0.505 e. The summed E-state index contributed by atoms with van der Waals surface area (Å²) in [6, 6.07) is 5.50. The number of anilines is 1. The summed E-state index contributed by atoms with van der Waals surface area (Å²) in [4.78, 5) is 4.15. The molecule has 4 nitrogen and oxygen atoms in total. The molecule has 0 saturated heterocycles. The van der Waals surface area contributed by atoms with Crippen molar-refractivity contribution in [2.75, 3.05) is 5.32 Å². The standard InChI is InChI=1S/C13H9Cl3N2O2/c14-9-6-5-8(18-7-3-1-2-4-17-7)20-13(6)11(16)10(15)12(9)19/h1-4,8,19H,5H2,(H,17,18). The summed E-state index contributed by atoms with van der Waals surface area (Å²) in [5.74, 6) is 0.847. The van der Waals surface area contributed by atoms with Crippen LogP contribution in [-0.4, -0.2) is 16.3 Å². The number of phenolic OH excluding ortho intramolecular Hbond substituents is 1. The molecule has 0 aliphatic carbocycles. The van der Waals surface area contributed by atoms with Crippen molar-refractivity contribution in [3.05, 3.63) is 45.0 Å². The molecule has 1 atom stereocenters. The third kappa shape index (κ3) is 2.24. The van der Waals surface area contributed by atoms with Crippen LogP contribution in [-0.2, 0) is 6.42 Å². The zero-order valence-electron chi connectivity index (χ0n) is 10.0. The lowest BCUT2D eigenvalue weighted by Gasteiger charge is -2.13. The zero-order valence-corrected chi connectivity index (χ0v) is 12.3. The molecule has 104 valence electrons. The van der Waals surface area contributed by atoms with Gasteiger partial charge in [-0.05, 0) is 12.1 Å². The van der Waals surface area contributed by atoms with Gasteiger partial charge in [-0.15, -0.1) is 0 Å². The van der Waals surface area contributed by atoms with Gasteiger partial charge in [-0.2, -0.15) is 0 Å². The molecule has 1 aliphatic rings. The van der Waals surface area contributed by atoms with Gasteiger partial charge in [-0.1, -0.05) is 40.9 Å². The second-order valence-corrected chi connectivity index (χ2v) is 5.40. The summed E-state index contributed by atoms with van der Waals surface area (Å²) in [7, 11) is 0. The van der Waals surface area contributed by atoms with Crippen LogP contribution >= 0.6 is 34.8 Å². The molecule has 2 N–H and O–H groups in total. The summed E-state index contributed by atoms with van der Waals surface area (Å²) in [5.41, 5.74) is 0.631. The van der Waals surface area contributed by atoms with Gasteiger partial charge < -0.3 is 15.2 Å². The van der Waals surface area contributed by atoms with E-state index in [1.165, 1.54) is 0 Å². The Morgan fingerprint density at radius 1 is 1.20 bits per heavy atom. The molecular weight excluding hydrogens is 323 g/mol. The Morgan fingerprint density at radius 2 is 2.00 bits per heavy atom. The van der Waals surface area contributed by atoms with Gasteiger partial charge in [0.25, 0.3) is 0 Å². The van der Waals surface area contributed by atoms with Gasteiger partial charge >= 0.3 is 0 Å². The van der Waals surface area contributed by atoms with Crippen LogP contribution in [0, 0.1) is 0 Å². The summed E-state index contributed by atoms with van der Waals surface area (Å²) in [6.45, 7) is 0. The summed E-state index contributed by atoms with van der Waals surface area (Å²) >= 11 is 18.0. The molecule has 20 heavy (non-hydrogen) atoms. The van der Waals surface area contributed by atoms with Crippen LogP contribution in [0.4, 0.5) is 5.82 Å². The zero-order chi connectivity index (χ0) is 14.3. The molecule has 0 spiro atoms. The fraction of sp³-hybridized carbons (Fsp3) is 0.154. The second kappa shape index (κ2) is 5.20. The highest BCUT2D eigenvalue weighted by Crippen LogP contribution is 2.50. The Labute approximate surface area is 130 Å². The second-order valence-electron chi connectivity index (χ2n) is 4.27. The Kier molecular flexibility index (Phi) is 3.54. The monoisotopic (exact) mass is 330 g/mol. The molecule has 1 aromatic carbocycles. The van der Waals surface area contributed by atoms with Crippen molar-refractivity contribution in [3.63, 3.8) is 0 Å². The molecule has 1 aliphatic heterocycles. The number of halogens is 3. The lowest BCUT2D eigenvalue weighted by molar-refractivity contribution is 0.263. The van der Waals surface area contributed by atoms with Gasteiger partial charge in [0.1, 0.15) is 21.6 Å². The molecule has 2 heterocycles. The van der Waals surface area contributed by atoms with Crippen molar-refractivity contribution in [1.82, 2.24) is 4.98 Å². The highest BCUT2D eigenvalue weighted by Gasteiger charge is 2.31. The lowest BCUT2D eigenvalue weighted by Crippen LogP contribution is -2.24. The quantitative estimate of drug-likeness (QED) is 0.813. The third-order valence-corrected chi connectivity index (χ3v) is 4.20. The lowest BCUT2D eigenvalue weighted by atomic mass is 10.1. The minimum absolute atomic E-state index is 0.00565. The summed E-state index contributed by atoms with van der Waals surface area (Å²) < 4.78 is 5.70. The normalized spacial score (nSPS) is 16.6. The van der Waals surface area contributed by atoms with Gasteiger partial charge in [-0.3, -0.25) is 0 Å². The first kappa shape index (κ1) is 13.6. The number of benzene rings is 1. The van der Waals surface area contributed by atoms with Gasteiger partial charge in [0, 0.05) is 18.2 Å². The van der Waals surface area contributed by atoms with Gasteiger partial charge in [0.05, 0.1) is 5.02 Å². The van der Waals surface area contributed by atoms with Crippen molar-refractivity contribution in [1.29, 1.82) is 0 Å². The predicted octanol–water partition coefficient (Wildman–Crippen LogP) is 4.12. The van der Waals surface area contributed by atoms with E-state index in [2.05, 4.69) is 10.3 Å². The number of pyridine rings is 1.